The zero-order valence-electron chi connectivity index (χ0n) is 21.3. The van der Waals surface area contributed by atoms with Gasteiger partial charge in [0.2, 0.25) is 5.91 Å². The maximum absolute atomic E-state index is 13.3. The molecule has 3 atom stereocenters. The molecule has 5 heteroatoms. The van der Waals surface area contributed by atoms with E-state index in [9.17, 15) is 4.79 Å². The first-order valence-corrected chi connectivity index (χ1v) is 13.7. The topological polar surface area (TPSA) is 44.8 Å². The quantitative estimate of drug-likeness (QED) is 0.588. The Morgan fingerprint density at radius 3 is 2.77 bits per heavy atom. The average molecular weight is 476 g/mol. The molecule has 2 aromatic carbocycles. The van der Waals surface area contributed by atoms with Crippen LogP contribution >= 0.6 is 0 Å². The second kappa shape index (κ2) is 11.6. The van der Waals surface area contributed by atoms with E-state index in [1.54, 1.807) is 0 Å². The van der Waals surface area contributed by atoms with Crippen LogP contribution in [-0.2, 0) is 24.2 Å². The first-order valence-electron chi connectivity index (χ1n) is 13.7. The van der Waals surface area contributed by atoms with Gasteiger partial charge in [-0.1, -0.05) is 43.3 Å². The van der Waals surface area contributed by atoms with Crippen LogP contribution in [0.2, 0.25) is 0 Å². The summed E-state index contributed by atoms with van der Waals surface area (Å²) < 4.78 is 6.30. The van der Waals surface area contributed by atoms with Crippen molar-refractivity contribution in [3.05, 3.63) is 65.2 Å². The highest BCUT2D eigenvalue weighted by Gasteiger charge is 2.33. The number of hydrogen-bond acceptors (Lipinski definition) is 4. The summed E-state index contributed by atoms with van der Waals surface area (Å²) in [7, 11) is 0. The predicted molar refractivity (Wildman–Crippen MR) is 141 cm³/mol. The zero-order chi connectivity index (χ0) is 24.0. The third-order valence-electron chi connectivity index (χ3n) is 8.21. The average Bonchev–Trinajstić information content (AvgIpc) is 3.55. The van der Waals surface area contributed by atoms with Gasteiger partial charge in [-0.15, -0.1) is 0 Å². The van der Waals surface area contributed by atoms with Crippen LogP contribution in [0, 0.1) is 11.8 Å². The number of ether oxygens (including phenoxy) is 1. The molecule has 2 saturated heterocycles. The molecule has 3 aliphatic rings. The number of carbonyl (C=O) groups excluding carboxylic acids is 1. The van der Waals surface area contributed by atoms with E-state index in [1.165, 1.54) is 48.8 Å². The van der Waals surface area contributed by atoms with E-state index in [1.807, 2.05) is 0 Å². The normalized spacial score (nSPS) is 24.9. The lowest BCUT2D eigenvalue weighted by molar-refractivity contribution is -0.128. The number of likely N-dealkylation sites (N-methyl/N-ethyl adjacent to an activating group) is 1. The molecule has 5 nitrogen and oxygen atoms in total. The third kappa shape index (κ3) is 6.25. The molecular weight excluding hydrogens is 434 g/mol. The molecule has 2 fully saturated rings. The van der Waals surface area contributed by atoms with Gasteiger partial charge in [-0.05, 0) is 80.4 Å². The van der Waals surface area contributed by atoms with Crippen LogP contribution in [0.4, 0.5) is 0 Å². The van der Waals surface area contributed by atoms with E-state index in [4.69, 9.17) is 4.74 Å². The number of benzene rings is 2. The molecule has 1 amide bonds. The summed E-state index contributed by atoms with van der Waals surface area (Å²) in [5.74, 6) is 1.55. The summed E-state index contributed by atoms with van der Waals surface area (Å²) in [6, 6.07) is 17.7. The fourth-order valence-electron chi connectivity index (χ4n) is 6.34. The summed E-state index contributed by atoms with van der Waals surface area (Å²) in [6.45, 7) is 8.55. The van der Waals surface area contributed by atoms with Crippen molar-refractivity contribution in [1.29, 1.82) is 0 Å². The van der Waals surface area contributed by atoms with Crippen molar-refractivity contribution in [3.63, 3.8) is 0 Å². The second-order valence-corrected chi connectivity index (χ2v) is 10.7. The van der Waals surface area contributed by atoms with Gasteiger partial charge >= 0.3 is 0 Å². The van der Waals surface area contributed by atoms with Crippen molar-refractivity contribution in [2.24, 2.45) is 11.8 Å². The minimum atomic E-state index is 0.0116. The highest BCUT2D eigenvalue weighted by Crippen LogP contribution is 2.28. The lowest BCUT2D eigenvalue weighted by Crippen LogP contribution is -2.49. The van der Waals surface area contributed by atoms with Gasteiger partial charge in [0.15, 0.2) is 0 Å². The Hall–Kier alpha value is -2.37. The van der Waals surface area contributed by atoms with E-state index in [2.05, 4.69) is 70.6 Å². The SMILES string of the molecule is CCN1CCCC1CNC(=O)[C@@H]1C[C@H](COc2ccc3c(c2)CCC3)CN(Cc2ccccc2)C1. The fraction of sp³-hybridized carbons (Fsp3) is 0.567. The molecule has 1 unspecified atom stereocenters. The Morgan fingerprint density at radius 1 is 1.06 bits per heavy atom. The van der Waals surface area contributed by atoms with E-state index >= 15 is 0 Å². The van der Waals surface area contributed by atoms with Gasteiger partial charge < -0.3 is 10.1 Å². The van der Waals surface area contributed by atoms with Crippen LogP contribution in [0.1, 0.15) is 49.3 Å². The molecule has 1 aliphatic carbocycles. The number of hydrogen-bond donors (Lipinski definition) is 1. The van der Waals surface area contributed by atoms with Crippen LogP contribution in [0.15, 0.2) is 48.5 Å². The lowest BCUT2D eigenvalue weighted by atomic mass is 9.88. The standard InChI is InChI=1S/C30H41N3O2/c1-2-33-15-7-12-28(33)18-31-30(34)27-16-24(20-32(21-27)19-23-8-4-3-5-9-23)22-35-29-14-13-25-10-6-11-26(25)17-29/h3-5,8-9,13-14,17,24,27-28H,2,6-7,10-12,15-16,18-22H2,1H3,(H,31,34)/t24-,27+,28?/m0/s1. The van der Waals surface area contributed by atoms with E-state index in [0.29, 0.717) is 18.6 Å². The first kappa shape index (κ1) is 24.3. The number of fused-ring (bicyclic) bond motifs is 1. The van der Waals surface area contributed by atoms with Crippen LogP contribution in [0.25, 0.3) is 0 Å². The van der Waals surface area contributed by atoms with Gasteiger partial charge in [0, 0.05) is 38.1 Å². The fourth-order valence-corrected chi connectivity index (χ4v) is 6.34. The molecule has 1 N–H and O–H groups in total. The molecule has 5 rings (SSSR count). The molecule has 0 bridgehead atoms. The van der Waals surface area contributed by atoms with Gasteiger partial charge in [0.05, 0.1) is 12.5 Å². The monoisotopic (exact) mass is 475 g/mol. The Bertz CT molecular complexity index is 979. The summed E-state index contributed by atoms with van der Waals surface area (Å²) in [5, 5.41) is 3.32. The minimum absolute atomic E-state index is 0.0116. The second-order valence-electron chi connectivity index (χ2n) is 10.7. The number of nitrogens with zero attached hydrogens (tertiary/aromatic N) is 2. The molecule has 0 saturated carbocycles. The number of carbonyl (C=O) groups is 1. The largest absolute Gasteiger partial charge is 0.493 e. The number of aryl methyl sites for hydroxylation is 2. The van der Waals surface area contributed by atoms with Gasteiger partial charge in [-0.2, -0.15) is 0 Å². The first-order chi connectivity index (χ1) is 17.2. The Kier molecular flexibility index (Phi) is 8.05. The molecule has 35 heavy (non-hydrogen) atoms. The van der Waals surface area contributed by atoms with Crippen molar-refractivity contribution in [3.8, 4) is 5.75 Å². The number of amides is 1. The number of likely N-dealkylation sites (tertiary alicyclic amines) is 2. The molecule has 2 heterocycles. The Balaban J connectivity index is 1.21. The maximum atomic E-state index is 13.3. The molecular formula is C30H41N3O2. The van der Waals surface area contributed by atoms with Crippen LogP contribution < -0.4 is 10.1 Å². The van der Waals surface area contributed by atoms with Gasteiger partial charge in [0.1, 0.15) is 5.75 Å². The minimum Gasteiger partial charge on any atom is -0.493 e. The third-order valence-corrected chi connectivity index (χ3v) is 8.21. The van der Waals surface area contributed by atoms with E-state index in [-0.39, 0.29) is 11.8 Å². The van der Waals surface area contributed by atoms with Gasteiger partial charge in [-0.3, -0.25) is 14.6 Å². The lowest BCUT2D eigenvalue weighted by Gasteiger charge is -2.37. The van der Waals surface area contributed by atoms with Crippen molar-refractivity contribution < 1.29 is 9.53 Å². The van der Waals surface area contributed by atoms with E-state index in [0.717, 1.165) is 51.4 Å². The summed E-state index contributed by atoms with van der Waals surface area (Å²) in [4.78, 5) is 18.2. The molecule has 0 spiro atoms. The van der Waals surface area contributed by atoms with Crippen LogP contribution in [0.5, 0.6) is 5.75 Å². The Labute approximate surface area is 210 Å². The number of piperidine rings is 1. The maximum Gasteiger partial charge on any atom is 0.224 e. The van der Waals surface area contributed by atoms with Gasteiger partial charge in [-0.25, -0.2) is 0 Å². The summed E-state index contributed by atoms with van der Waals surface area (Å²) in [6.07, 6.45) is 6.94. The summed E-state index contributed by atoms with van der Waals surface area (Å²) in [5.41, 5.74) is 4.23. The zero-order valence-corrected chi connectivity index (χ0v) is 21.3. The summed E-state index contributed by atoms with van der Waals surface area (Å²) >= 11 is 0. The van der Waals surface area contributed by atoms with Gasteiger partial charge in [0.25, 0.3) is 0 Å². The molecule has 2 aliphatic heterocycles. The van der Waals surface area contributed by atoms with Crippen LogP contribution in [-0.4, -0.2) is 61.1 Å². The van der Waals surface area contributed by atoms with Crippen molar-refractivity contribution in [1.82, 2.24) is 15.1 Å². The van der Waals surface area contributed by atoms with E-state index < -0.39 is 0 Å². The molecule has 0 radical (unpaired) electrons. The van der Waals surface area contributed by atoms with Crippen molar-refractivity contribution in [2.45, 2.75) is 58.0 Å². The number of rotatable bonds is 9. The highest BCUT2D eigenvalue weighted by atomic mass is 16.5. The van der Waals surface area contributed by atoms with Crippen molar-refractivity contribution in [2.75, 3.05) is 39.3 Å². The smallest absolute Gasteiger partial charge is 0.224 e. The molecule has 0 aromatic heterocycles. The molecule has 2 aromatic rings. The van der Waals surface area contributed by atoms with Crippen LogP contribution in [0.3, 0.4) is 0 Å². The highest BCUT2D eigenvalue weighted by molar-refractivity contribution is 5.79. The molecule has 188 valence electrons. The Morgan fingerprint density at radius 2 is 1.91 bits per heavy atom. The predicted octanol–water partition coefficient (Wildman–Crippen LogP) is 4.29. The van der Waals surface area contributed by atoms with Crippen molar-refractivity contribution >= 4 is 5.91 Å². The number of nitrogens with one attached hydrogen (secondary N) is 1.